The normalized spacial score (nSPS) is 15.1. The Morgan fingerprint density at radius 2 is 2.00 bits per heavy atom. The third-order valence-corrected chi connectivity index (χ3v) is 8.24. The van der Waals surface area contributed by atoms with Crippen molar-refractivity contribution >= 4 is 44.6 Å². The minimum Gasteiger partial charge on any atom is -0.494 e. The summed E-state index contributed by atoms with van der Waals surface area (Å²) < 4.78 is 37.0. The summed E-state index contributed by atoms with van der Waals surface area (Å²) in [6.45, 7) is 1.80. The van der Waals surface area contributed by atoms with Gasteiger partial charge >= 0.3 is 5.97 Å². The SMILES string of the molecule is CCOc1ccc(NC(=O)COC(=O)C2CCN(S(=O)(=O)c3cccs3)CC2)c([N+](=O)[O-])c1. The maximum absolute atomic E-state index is 12.6. The molecule has 1 aromatic heterocycles. The highest BCUT2D eigenvalue weighted by Crippen LogP contribution is 2.29. The zero-order valence-electron chi connectivity index (χ0n) is 17.8. The molecule has 1 N–H and O–H groups in total. The number of esters is 1. The number of hydrogen-bond acceptors (Lipinski definition) is 9. The van der Waals surface area contributed by atoms with Crippen LogP contribution in [0.2, 0.25) is 0 Å². The van der Waals surface area contributed by atoms with E-state index in [1.54, 1.807) is 18.4 Å². The molecule has 11 nitrogen and oxygen atoms in total. The number of hydrogen-bond donors (Lipinski definition) is 1. The van der Waals surface area contributed by atoms with Gasteiger partial charge < -0.3 is 14.8 Å². The molecule has 0 radical (unpaired) electrons. The second kappa shape index (κ2) is 10.7. The van der Waals surface area contributed by atoms with Crippen molar-refractivity contribution in [1.82, 2.24) is 4.31 Å². The molecule has 0 aliphatic carbocycles. The van der Waals surface area contributed by atoms with Crippen molar-refractivity contribution in [2.24, 2.45) is 5.92 Å². The van der Waals surface area contributed by atoms with Crippen LogP contribution in [0.1, 0.15) is 19.8 Å². The number of rotatable bonds is 9. The van der Waals surface area contributed by atoms with Crippen LogP contribution < -0.4 is 10.1 Å². The van der Waals surface area contributed by atoms with Crippen molar-refractivity contribution in [2.45, 2.75) is 24.0 Å². The fraction of sp³-hybridized carbons (Fsp3) is 0.400. The van der Waals surface area contributed by atoms with Crippen molar-refractivity contribution in [3.05, 3.63) is 45.8 Å². The molecule has 178 valence electrons. The van der Waals surface area contributed by atoms with Gasteiger partial charge in [-0.3, -0.25) is 19.7 Å². The van der Waals surface area contributed by atoms with Gasteiger partial charge in [-0.1, -0.05) is 6.07 Å². The van der Waals surface area contributed by atoms with Gasteiger partial charge in [-0.05, 0) is 43.3 Å². The van der Waals surface area contributed by atoms with E-state index in [2.05, 4.69) is 5.32 Å². The first kappa shape index (κ1) is 24.6. The van der Waals surface area contributed by atoms with Gasteiger partial charge in [0.25, 0.3) is 21.6 Å². The van der Waals surface area contributed by atoms with Gasteiger partial charge in [-0.2, -0.15) is 4.31 Å². The number of nitrogens with zero attached hydrogens (tertiary/aromatic N) is 2. The van der Waals surface area contributed by atoms with Crippen LogP contribution in [-0.2, 0) is 24.3 Å². The van der Waals surface area contributed by atoms with Gasteiger partial charge in [0.1, 0.15) is 15.6 Å². The summed E-state index contributed by atoms with van der Waals surface area (Å²) in [6.07, 6.45) is 0.546. The van der Waals surface area contributed by atoms with Gasteiger partial charge in [-0.15, -0.1) is 11.3 Å². The Hall–Kier alpha value is -3.03. The highest BCUT2D eigenvalue weighted by molar-refractivity contribution is 7.91. The van der Waals surface area contributed by atoms with E-state index < -0.39 is 39.3 Å². The molecule has 1 fully saturated rings. The lowest BCUT2D eigenvalue weighted by molar-refractivity contribution is -0.384. The fourth-order valence-electron chi connectivity index (χ4n) is 3.33. The van der Waals surface area contributed by atoms with Gasteiger partial charge in [0, 0.05) is 13.1 Å². The molecule has 0 unspecified atom stereocenters. The van der Waals surface area contributed by atoms with E-state index in [9.17, 15) is 28.1 Å². The summed E-state index contributed by atoms with van der Waals surface area (Å²) in [6, 6.07) is 7.22. The van der Waals surface area contributed by atoms with Crippen molar-refractivity contribution in [2.75, 3.05) is 31.6 Å². The Bertz CT molecular complexity index is 1110. The fourth-order valence-corrected chi connectivity index (χ4v) is 5.95. The summed E-state index contributed by atoms with van der Waals surface area (Å²) in [7, 11) is -3.57. The van der Waals surface area contributed by atoms with E-state index in [1.807, 2.05) is 0 Å². The number of nitro benzene ring substituents is 1. The number of amides is 1. The standard InChI is InChI=1S/C20H23N3O8S2/c1-2-30-15-5-6-16(17(12-15)23(26)27)21-18(24)13-31-20(25)14-7-9-22(10-8-14)33(28,29)19-4-3-11-32-19/h3-6,11-12,14H,2,7-10,13H2,1H3,(H,21,24). The summed E-state index contributed by atoms with van der Waals surface area (Å²) >= 11 is 1.13. The number of nitro groups is 1. The first-order valence-electron chi connectivity index (χ1n) is 10.1. The van der Waals surface area contributed by atoms with Crippen molar-refractivity contribution in [3.63, 3.8) is 0 Å². The van der Waals surface area contributed by atoms with E-state index in [1.165, 1.54) is 28.6 Å². The number of sulfonamides is 1. The maximum atomic E-state index is 12.6. The molecule has 0 spiro atoms. The molecule has 1 amide bonds. The number of nitrogens with one attached hydrogen (secondary N) is 1. The van der Waals surface area contributed by atoms with Crippen LogP contribution in [0.5, 0.6) is 5.75 Å². The van der Waals surface area contributed by atoms with E-state index >= 15 is 0 Å². The van der Waals surface area contributed by atoms with Gasteiger partial charge in [0.15, 0.2) is 6.61 Å². The van der Waals surface area contributed by atoms with Crippen LogP contribution in [-0.4, -0.2) is 55.8 Å². The summed E-state index contributed by atoms with van der Waals surface area (Å²) in [5, 5.41) is 15.3. The van der Waals surface area contributed by atoms with Crippen LogP contribution >= 0.6 is 11.3 Å². The quantitative estimate of drug-likeness (QED) is 0.316. The number of carbonyl (C=O) groups excluding carboxylic acids is 2. The van der Waals surface area contributed by atoms with Crippen LogP contribution in [0.15, 0.2) is 39.9 Å². The lowest BCUT2D eigenvalue weighted by Gasteiger charge is -2.29. The van der Waals surface area contributed by atoms with Crippen molar-refractivity contribution in [3.8, 4) is 5.75 Å². The van der Waals surface area contributed by atoms with Crippen LogP contribution in [0.25, 0.3) is 0 Å². The van der Waals surface area contributed by atoms with Gasteiger partial charge in [0.2, 0.25) is 0 Å². The number of carbonyl (C=O) groups is 2. The minimum atomic E-state index is -3.57. The Morgan fingerprint density at radius 3 is 2.61 bits per heavy atom. The van der Waals surface area contributed by atoms with E-state index in [4.69, 9.17) is 9.47 Å². The predicted octanol–water partition coefficient (Wildman–Crippen LogP) is 2.64. The maximum Gasteiger partial charge on any atom is 0.309 e. The number of ether oxygens (including phenoxy) is 2. The Balaban J connectivity index is 1.50. The largest absolute Gasteiger partial charge is 0.494 e. The molecule has 1 saturated heterocycles. The van der Waals surface area contributed by atoms with Gasteiger partial charge in [0.05, 0.1) is 23.5 Å². The third kappa shape index (κ3) is 6.06. The minimum absolute atomic E-state index is 0.0448. The zero-order valence-corrected chi connectivity index (χ0v) is 19.4. The molecule has 0 bridgehead atoms. The molecular weight excluding hydrogens is 474 g/mol. The van der Waals surface area contributed by atoms with E-state index in [0.717, 1.165) is 11.3 Å². The summed E-state index contributed by atoms with van der Waals surface area (Å²) in [5.74, 6) is -1.58. The lowest BCUT2D eigenvalue weighted by Crippen LogP contribution is -2.40. The van der Waals surface area contributed by atoms with Crippen LogP contribution in [0.3, 0.4) is 0 Å². The smallest absolute Gasteiger partial charge is 0.309 e. The molecule has 33 heavy (non-hydrogen) atoms. The topological polar surface area (TPSA) is 145 Å². The van der Waals surface area contributed by atoms with E-state index in [0.29, 0.717) is 12.4 Å². The number of piperidine rings is 1. The Kier molecular flexibility index (Phi) is 8.00. The molecular formula is C20H23N3O8S2. The zero-order chi connectivity index (χ0) is 24.0. The summed E-state index contributed by atoms with van der Waals surface area (Å²) in [5.41, 5.74) is -0.392. The average molecular weight is 498 g/mol. The monoisotopic (exact) mass is 497 g/mol. The number of thiophene rings is 1. The Morgan fingerprint density at radius 1 is 1.27 bits per heavy atom. The van der Waals surface area contributed by atoms with Crippen LogP contribution in [0.4, 0.5) is 11.4 Å². The molecule has 1 aromatic carbocycles. The van der Waals surface area contributed by atoms with Crippen molar-refractivity contribution < 1.29 is 32.4 Å². The summed E-state index contributed by atoms with van der Waals surface area (Å²) in [4.78, 5) is 35.1. The lowest BCUT2D eigenvalue weighted by atomic mass is 9.98. The molecule has 1 aliphatic rings. The van der Waals surface area contributed by atoms with Crippen molar-refractivity contribution in [1.29, 1.82) is 0 Å². The molecule has 13 heteroatoms. The second-order valence-corrected chi connectivity index (χ2v) is 10.2. The number of benzene rings is 1. The third-order valence-electron chi connectivity index (χ3n) is 4.97. The second-order valence-electron chi connectivity index (χ2n) is 7.14. The highest BCUT2D eigenvalue weighted by atomic mass is 32.2. The highest BCUT2D eigenvalue weighted by Gasteiger charge is 2.33. The molecule has 3 rings (SSSR count). The molecule has 0 atom stereocenters. The van der Waals surface area contributed by atoms with Gasteiger partial charge in [-0.25, -0.2) is 8.42 Å². The molecule has 1 aliphatic heterocycles. The van der Waals surface area contributed by atoms with Crippen LogP contribution in [0, 0.1) is 16.0 Å². The van der Waals surface area contributed by atoms with E-state index in [-0.39, 0.29) is 41.5 Å². The molecule has 2 aromatic rings. The first-order chi connectivity index (χ1) is 15.7. The molecule has 0 saturated carbocycles. The first-order valence-corrected chi connectivity index (χ1v) is 12.5. The molecule has 2 heterocycles. The predicted molar refractivity (Wildman–Crippen MR) is 120 cm³/mol. The average Bonchev–Trinajstić information content (AvgIpc) is 3.34. The Labute approximate surface area is 194 Å². The number of anilines is 1.